The Balaban J connectivity index is 1.94. The Kier molecular flexibility index (Phi) is 5.14. The molecule has 0 radical (unpaired) electrons. The Morgan fingerprint density at radius 1 is 0.955 bits per heavy atom. The average Bonchev–Trinajstić information content (AvgIpc) is 2.54. The molecule has 5 heteroatoms. The molecule has 2 aromatic carbocycles. The Labute approximate surface area is 128 Å². The number of carbonyl (C=O) groups is 2. The van der Waals surface area contributed by atoms with Gasteiger partial charge < -0.3 is 15.2 Å². The van der Waals surface area contributed by atoms with Crippen LogP contribution in [0.5, 0.6) is 5.75 Å². The smallest absolute Gasteiger partial charge is 0.338 e. The first-order valence-electron chi connectivity index (χ1n) is 6.89. The molecule has 2 N–H and O–H groups in total. The number of nitrogens with two attached hydrogens (primary N) is 1. The first-order chi connectivity index (χ1) is 10.6. The van der Waals surface area contributed by atoms with Crippen LogP contribution in [-0.4, -0.2) is 18.5 Å². The number of primary amides is 1. The Hall–Kier alpha value is -2.82. The number of esters is 1. The molecule has 114 valence electrons. The summed E-state index contributed by atoms with van der Waals surface area (Å²) in [5.74, 6) is -0.162. The normalized spacial score (nSPS) is 10.0. The van der Waals surface area contributed by atoms with Crippen molar-refractivity contribution in [1.82, 2.24) is 0 Å². The third kappa shape index (κ3) is 4.09. The van der Waals surface area contributed by atoms with Crippen molar-refractivity contribution in [2.45, 2.75) is 13.5 Å². The summed E-state index contributed by atoms with van der Waals surface area (Å²) in [6, 6.07) is 13.6. The average molecular weight is 299 g/mol. The van der Waals surface area contributed by atoms with Crippen LogP contribution >= 0.6 is 0 Å². The van der Waals surface area contributed by atoms with Gasteiger partial charge in [0.25, 0.3) is 0 Å². The lowest BCUT2D eigenvalue weighted by Crippen LogP contribution is -2.10. The minimum Gasteiger partial charge on any atom is -0.489 e. The van der Waals surface area contributed by atoms with Crippen LogP contribution in [0.25, 0.3) is 0 Å². The lowest BCUT2D eigenvalue weighted by molar-refractivity contribution is 0.0526. The summed E-state index contributed by atoms with van der Waals surface area (Å²) in [6.45, 7) is 2.47. The van der Waals surface area contributed by atoms with Crippen molar-refractivity contribution in [3.63, 3.8) is 0 Å². The van der Waals surface area contributed by atoms with Gasteiger partial charge in [0, 0.05) is 5.56 Å². The van der Waals surface area contributed by atoms with E-state index in [0.29, 0.717) is 30.1 Å². The molecule has 0 spiro atoms. The highest BCUT2D eigenvalue weighted by Gasteiger charge is 2.06. The second-order valence-electron chi connectivity index (χ2n) is 4.59. The van der Waals surface area contributed by atoms with Gasteiger partial charge in [-0.15, -0.1) is 0 Å². The maximum atomic E-state index is 11.5. The van der Waals surface area contributed by atoms with Crippen molar-refractivity contribution in [3.8, 4) is 5.75 Å². The third-order valence-corrected chi connectivity index (χ3v) is 3.01. The second-order valence-corrected chi connectivity index (χ2v) is 4.59. The van der Waals surface area contributed by atoms with E-state index in [2.05, 4.69) is 0 Å². The minimum atomic E-state index is -0.456. The molecule has 22 heavy (non-hydrogen) atoms. The molecule has 2 rings (SSSR count). The maximum absolute atomic E-state index is 11.5. The van der Waals surface area contributed by atoms with Gasteiger partial charge in [-0.3, -0.25) is 4.79 Å². The van der Waals surface area contributed by atoms with Crippen LogP contribution in [0.4, 0.5) is 0 Å². The summed E-state index contributed by atoms with van der Waals surface area (Å²) in [7, 11) is 0. The maximum Gasteiger partial charge on any atom is 0.338 e. The van der Waals surface area contributed by atoms with Gasteiger partial charge in [-0.05, 0) is 48.9 Å². The quantitative estimate of drug-likeness (QED) is 0.831. The fourth-order valence-corrected chi connectivity index (χ4v) is 1.83. The Bertz CT molecular complexity index is 647. The largest absolute Gasteiger partial charge is 0.489 e. The van der Waals surface area contributed by atoms with E-state index in [1.807, 2.05) is 0 Å². The van der Waals surface area contributed by atoms with E-state index in [9.17, 15) is 9.59 Å². The van der Waals surface area contributed by atoms with Crippen LogP contribution in [0.15, 0.2) is 48.5 Å². The second kappa shape index (κ2) is 7.26. The summed E-state index contributed by atoms with van der Waals surface area (Å²) < 4.78 is 10.5. The van der Waals surface area contributed by atoms with Gasteiger partial charge in [0.1, 0.15) is 12.4 Å². The molecular formula is C17H17NO4. The summed E-state index contributed by atoms with van der Waals surface area (Å²) in [4.78, 5) is 22.5. The van der Waals surface area contributed by atoms with Crippen molar-refractivity contribution in [2.75, 3.05) is 6.61 Å². The van der Waals surface area contributed by atoms with Crippen LogP contribution in [0.3, 0.4) is 0 Å². The van der Waals surface area contributed by atoms with Gasteiger partial charge in [-0.25, -0.2) is 4.79 Å². The van der Waals surface area contributed by atoms with E-state index in [0.717, 1.165) is 5.56 Å². The van der Waals surface area contributed by atoms with Gasteiger partial charge in [0.05, 0.1) is 12.2 Å². The first-order valence-corrected chi connectivity index (χ1v) is 6.89. The van der Waals surface area contributed by atoms with Crippen molar-refractivity contribution >= 4 is 11.9 Å². The molecule has 0 saturated carbocycles. The van der Waals surface area contributed by atoms with E-state index in [-0.39, 0.29) is 5.97 Å². The van der Waals surface area contributed by atoms with Crippen molar-refractivity contribution in [2.24, 2.45) is 5.73 Å². The van der Waals surface area contributed by atoms with Crippen LogP contribution in [-0.2, 0) is 11.3 Å². The number of hydrogen-bond acceptors (Lipinski definition) is 4. The molecule has 0 heterocycles. The molecule has 5 nitrogen and oxygen atoms in total. The molecule has 0 aliphatic carbocycles. The highest BCUT2D eigenvalue weighted by Crippen LogP contribution is 2.15. The zero-order valence-electron chi connectivity index (χ0n) is 12.2. The molecule has 0 aliphatic heterocycles. The zero-order chi connectivity index (χ0) is 15.9. The third-order valence-electron chi connectivity index (χ3n) is 3.01. The Morgan fingerprint density at radius 2 is 1.55 bits per heavy atom. The van der Waals surface area contributed by atoms with Crippen LogP contribution in [0, 0.1) is 0 Å². The zero-order valence-corrected chi connectivity index (χ0v) is 12.2. The number of rotatable bonds is 6. The summed E-state index contributed by atoms with van der Waals surface area (Å²) >= 11 is 0. The van der Waals surface area contributed by atoms with E-state index >= 15 is 0 Å². The predicted molar refractivity (Wildman–Crippen MR) is 81.7 cm³/mol. The van der Waals surface area contributed by atoms with Gasteiger partial charge in [0.15, 0.2) is 0 Å². The van der Waals surface area contributed by atoms with Crippen molar-refractivity contribution < 1.29 is 19.1 Å². The molecular weight excluding hydrogens is 282 g/mol. The lowest BCUT2D eigenvalue weighted by atomic mass is 10.1. The first kappa shape index (κ1) is 15.6. The Morgan fingerprint density at radius 3 is 2.09 bits per heavy atom. The fourth-order valence-electron chi connectivity index (χ4n) is 1.83. The van der Waals surface area contributed by atoms with Crippen LogP contribution in [0.2, 0.25) is 0 Å². The molecule has 0 saturated heterocycles. The van der Waals surface area contributed by atoms with Crippen LogP contribution < -0.4 is 10.5 Å². The molecule has 0 atom stereocenters. The number of benzene rings is 2. The summed E-state index contributed by atoms with van der Waals surface area (Å²) in [5, 5.41) is 0. The van der Waals surface area contributed by atoms with Gasteiger partial charge in [0.2, 0.25) is 5.91 Å². The SMILES string of the molecule is CCOC(=O)c1ccc(OCc2ccc(C(N)=O)cc2)cc1. The summed E-state index contributed by atoms with van der Waals surface area (Å²) in [5.41, 5.74) is 7.04. The van der Waals surface area contributed by atoms with Gasteiger partial charge in [-0.1, -0.05) is 12.1 Å². The molecule has 2 aromatic rings. The van der Waals surface area contributed by atoms with Crippen LogP contribution in [0.1, 0.15) is 33.2 Å². The standard InChI is InChI=1S/C17H17NO4/c1-2-21-17(20)14-7-9-15(10-8-14)22-11-12-3-5-13(6-4-12)16(18)19/h3-10H,2,11H2,1H3,(H2,18,19). The van der Waals surface area contributed by atoms with Gasteiger partial charge in [-0.2, -0.15) is 0 Å². The number of amides is 1. The van der Waals surface area contributed by atoms with E-state index < -0.39 is 5.91 Å². The molecule has 0 unspecified atom stereocenters. The number of carbonyl (C=O) groups excluding carboxylic acids is 2. The highest BCUT2D eigenvalue weighted by molar-refractivity contribution is 5.92. The molecule has 0 bridgehead atoms. The topological polar surface area (TPSA) is 78.6 Å². The number of ether oxygens (including phenoxy) is 2. The van der Waals surface area contributed by atoms with E-state index in [4.69, 9.17) is 15.2 Å². The molecule has 1 amide bonds. The molecule has 0 aliphatic rings. The summed E-state index contributed by atoms with van der Waals surface area (Å²) in [6.07, 6.45) is 0. The van der Waals surface area contributed by atoms with E-state index in [1.165, 1.54) is 0 Å². The minimum absolute atomic E-state index is 0.346. The van der Waals surface area contributed by atoms with E-state index in [1.54, 1.807) is 55.5 Å². The lowest BCUT2D eigenvalue weighted by Gasteiger charge is -2.07. The monoisotopic (exact) mass is 299 g/mol. The molecule has 0 aromatic heterocycles. The fraction of sp³-hybridized carbons (Fsp3) is 0.176. The van der Waals surface area contributed by atoms with Crippen molar-refractivity contribution in [3.05, 3.63) is 65.2 Å². The molecule has 0 fully saturated rings. The van der Waals surface area contributed by atoms with Crippen molar-refractivity contribution in [1.29, 1.82) is 0 Å². The predicted octanol–water partition coefficient (Wildman–Crippen LogP) is 2.54. The number of hydrogen-bond donors (Lipinski definition) is 1. The highest BCUT2D eigenvalue weighted by atomic mass is 16.5. The van der Waals surface area contributed by atoms with Gasteiger partial charge >= 0.3 is 5.97 Å².